The Labute approximate surface area is 112 Å². The topological polar surface area (TPSA) is 92.5 Å². The van der Waals surface area contributed by atoms with Gasteiger partial charge in [-0.25, -0.2) is 0 Å². The molecule has 1 unspecified atom stereocenters. The van der Waals surface area contributed by atoms with E-state index in [1.807, 2.05) is 0 Å². The van der Waals surface area contributed by atoms with E-state index >= 15 is 0 Å². The number of aliphatic hydroxyl groups is 1. The number of carbonyl (C=O) groups is 1. The van der Waals surface area contributed by atoms with E-state index in [1.54, 1.807) is 6.92 Å². The fourth-order valence-electron chi connectivity index (χ4n) is 1.33. The Balaban J connectivity index is 3.03. The molecule has 0 bridgehead atoms. The van der Waals surface area contributed by atoms with Gasteiger partial charge in [-0.15, -0.1) is 0 Å². The molecular weight excluding hydrogens is 304 g/mol. The number of amides is 1. The Morgan fingerprint density at radius 1 is 1.61 bits per heavy atom. The summed E-state index contributed by atoms with van der Waals surface area (Å²) < 4.78 is 0.499. The maximum absolute atomic E-state index is 11.7. The first-order chi connectivity index (χ1) is 8.32. The lowest BCUT2D eigenvalue weighted by Crippen LogP contribution is -2.30. The summed E-state index contributed by atoms with van der Waals surface area (Å²) in [6.45, 7) is 3.23. The minimum Gasteiger partial charge on any atom is -0.392 e. The molecule has 0 aliphatic carbocycles. The summed E-state index contributed by atoms with van der Waals surface area (Å²) in [6, 6.07) is 2.73. The van der Waals surface area contributed by atoms with Gasteiger partial charge in [-0.2, -0.15) is 0 Å². The summed E-state index contributed by atoms with van der Waals surface area (Å²) in [5, 5.41) is 22.4. The number of halogens is 1. The fourth-order valence-corrected chi connectivity index (χ4v) is 1.78. The third-order valence-electron chi connectivity index (χ3n) is 2.33. The molecule has 1 aromatic carbocycles. The van der Waals surface area contributed by atoms with Gasteiger partial charge < -0.3 is 10.4 Å². The lowest BCUT2D eigenvalue weighted by molar-refractivity contribution is -0.385. The van der Waals surface area contributed by atoms with E-state index in [9.17, 15) is 14.9 Å². The molecule has 7 heteroatoms. The van der Waals surface area contributed by atoms with Crippen LogP contribution in [-0.4, -0.2) is 28.6 Å². The maximum Gasteiger partial charge on any atom is 0.274 e. The molecule has 0 saturated heterocycles. The molecule has 6 nitrogen and oxygen atoms in total. The fraction of sp³-hybridized carbons (Fsp3) is 0.364. The Kier molecular flexibility index (Phi) is 4.80. The second kappa shape index (κ2) is 5.92. The third kappa shape index (κ3) is 3.51. The number of aliphatic hydroxyl groups excluding tert-OH is 1. The molecule has 0 aromatic heterocycles. The maximum atomic E-state index is 11.7. The van der Waals surface area contributed by atoms with Crippen molar-refractivity contribution in [2.24, 2.45) is 0 Å². The highest BCUT2D eigenvalue weighted by atomic mass is 79.9. The number of hydrogen-bond acceptors (Lipinski definition) is 4. The summed E-state index contributed by atoms with van der Waals surface area (Å²) in [5.74, 6) is -0.459. The van der Waals surface area contributed by atoms with Crippen molar-refractivity contribution in [1.82, 2.24) is 5.32 Å². The zero-order valence-corrected chi connectivity index (χ0v) is 11.5. The molecular formula is C11H13BrN2O4. The molecule has 1 rings (SSSR count). The lowest BCUT2D eigenvalue weighted by Gasteiger charge is -2.08. The van der Waals surface area contributed by atoms with Crippen LogP contribution >= 0.6 is 15.9 Å². The van der Waals surface area contributed by atoms with E-state index in [4.69, 9.17) is 5.11 Å². The van der Waals surface area contributed by atoms with Crippen molar-refractivity contribution in [3.8, 4) is 0 Å². The molecule has 0 spiro atoms. The number of rotatable bonds is 4. The van der Waals surface area contributed by atoms with E-state index in [1.165, 1.54) is 19.1 Å². The zero-order chi connectivity index (χ0) is 13.9. The molecule has 0 radical (unpaired) electrons. The minimum absolute atomic E-state index is 0.0954. The predicted molar refractivity (Wildman–Crippen MR) is 69.5 cm³/mol. The van der Waals surface area contributed by atoms with E-state index in [-0.39, 0.29) is 17.8 Å². The average Bonchev–Trinajstić information content (AvgIpc) is 2.28. The third-order valence-corrected chi connectivity index (χ3v) is 3.16. The van der Waals surface area contributed by atoms with Gasteiger partial charge >= 0.3 is 0 Å². The van der Waals surface area contributed by atoms with Gasteiger partial charge in [0.25, 0.3) is 11.6 Å². The van der Waals surface area contributed by atoms with Gasteiger partial charge in [-0.3, -0.25) is 14.9 Å². The summed E-state index contributed by atoms with van der Waals surface area (Å²) in [6.07, 6.45) is -0.669. The Morgan fingerprint density at radius 3 is 2.72 bits per heavy atom. The first-order valence-corrected chi connectivity index (χ1v) is 6.03. The second-order valence-corrected chi connectivity index (χ2v) is 4.77. The van der Waals surface area contributed by atoms with Gasteiger partial charge in [0, 0.05) is 28.2 Å². The molecule has 0 aliphatic heterocycles. The Bertz CT molecular complexity index is 488. The SMILES string of the molecule is Cc1c(Br)cc(C(=O)NCC(C)O)cc1[N+](=O)[O-]. The van der Waals surface area contributed by atoms with Gasteiger partial charge in [0.15, 0.2) is 0 Å². The van der Waals surface area contributed by atoms with Gasteiger partial charge in [-0.1, -0.05) is 15.9 Å². The zero-order valence-electron chi connectivity index (χ0n) is 9.94. The molecule has 1 atom stereocenters. The first kappa shape index (κ1) is 14.6. The van der Waals surface area contributed by atoms with Gasteiger partial charge in [0.1, 0.15) is 0 Å². The van der Waals surface area contributed by atoms with Crippen LogP contribution in [0.1, 0.15) is 22.8 Å². The number of nitro benzene ring substituents is 1. The van der Waals surface area contributed by atoms with Crippen LogP contribution in [0.5, 0.6) is 0 Å². The number of nitrogens with zero attached hydrogens (tertiary/aromatic N) is 1. The van der Waals surface area contributed by atoms with E-state index < -0.39 is 16.9 Å². The summed E-state index contributed by atoms with van der Waals surface area (Å²) in [7, 11) is 0. The average molecular weight is 317 g/mol. The molecule has 1 aromatic rings. The van der Waals surface area contributed by atoms with Gasteiger partial charge in [-0.05, 0) is 19.9 Å². The largest absolute Gasteiger partial charge is 0.392 e. The molecule has 1 amide bonds. The predicted octanol–water partition coefficient (Wildman–Crippen LogP) is 1.78. The van der Waals surface area contributed by atoms with Gasteiger partial charge in [0.2, 0.25) is 0 Å². The van der Waals surface area contributed by atoms with Crippen molar-refractivity contribution in [3.05, 3.63) is 37.8 Å². The van der Waals surface area contributed by atoms with Crippen LogP contribution in [0.15, 0.2) is 16.6 Å². The molecule has 18 heavy (non-hydrogen) atoms. The molecule has 0 aliphatic rings. The highest BCUT2D eigenvalue weighted by Gasteiger charge is 2.18. The van der Waals surface area contributed by atoms with Crippen molar-refractivity contribution in [2.75, 3.05) is 6.54 Å². The second-order valence-electron chi connectivity index (χ2n) is 3.92. The molecule has 0 heterocycles. The van der Waals surface area contributed by atoms with Crippen molar-refractivity contribution in [3.63, 3.8) is 0 Å². The number of nitrogens with one attached hydrogen (secondary N) is 1. The monoisotopic (exact) mass is 316 g/mol. The minimum atomic E-state index is -0.669. The van der Waals surface area contributed by atoms with Crippen LogP contribution in [0.4, 0.5) is 5.69 Å². The van der Waals surface area contributed by atoms with Gasteiger partial charge in [0.05, 0.1) is 11.0 Å². The summed E-state index contributed by atoms with van der Waals surface area (Å²) in [4.78, 5) is 22.0. The van der Waals surface area contributed by atoms with Crippen molar-refractivity contribution in [2.45, 2.75) is 20.0 Å². The van der Waals surface area contributed by atoms with Crippen molar-refractivity contribution < 1.29 is 14.8 Å². The van der Waals surface area contributed by atoms with E-state index in [2.05, 4.69) is 21.2 Å². The quantitative estimate of drug-likeness (QED) is 0.654. The summed E-state index contributed by atoms with van der Waals surface area (Å²) in [5.41, 5.74) is 0.526. The van der Waals surface area contributed by atoms with Crippen LogP contribution in [0.3, 0.4) is 0 Å². The normalized spacial score (nSPS) is 12.0. The van der Waals surface area contributed by atoms with E-state index in [0.29, 0.717) is 10.0 Å². The van der Waals surface area contributed by atoms with Crippen LogP contribution in [-0.2, 0) is 0 Å². The highest BCUT2D eigenvalue weighted by Crippen LogP contribution is 2.27. The molecule has 0 fully saturated rings. The Hall–Kier alpha value is -1.47. The van der Waals surface area contributed by atoms with Crippen LogP contribution in [0.25, 0.3) is 0 Å². The molecule has 0 saturated carbocycles. The Morgan fingerprint density at radius 2 is 2.22 bits per heavy atom. The molecule has 2 N–H and O–H groups in total. The lowest BCUT2D eigenvalue weighted by atomic mass is 10.1. The molecule has 98 valence electrons. The standard InChI is InChI=1S/C11H13BrN2O4/c1-6(15)5-13-11(16)8-3-9(12)7(2)10(4-8)14(17)18/h3-4,6,15H,5H2,1-2H3,(H,13,16). The smallest absolute Gasteiger partial charge is 0.274 e. The number of nitro groups is 1. The number of benzene rings is 1. The van der Waals surface area contributed by atoms with Crippen molar-refractivity contribution in [1.29, 1.82) is 0 Å². The number of carbonyl (C=O) groups excluding carboxylic acids is 1. The summed E-state index contributed by atoms with van der Waals surface area (Å²) >= 11 is 3.18. The highest BCUT2D eigenvalue weighted by molar-refractivity contribution is 9.10. The number of hydrogen-bond donors (Lipinski definition) is 2. The van der Waals surface area contributed by atoms with Crippen molar-refractivity contribution >= 4 is 27.5 Å². The van der Waals surface area contributed by atoms with Crippen LogP contribution in [0, 0.1) is 17.0 Å². The van der Waals surface area contributed by atoms with Crippen LogP contribution < -0.4 is 5.32 Å². The van der Waals surface area contributed by atoms with Crippen LogP contribution in [0.2, 0.25) is 0 Å². The van der Waals surface area contributed by atoms with E-state index in [0.717, 1.165) is 0 Å². The first-order valence-electron chi connectivity index (χ1n) is 5.23.